The van der Waals surface area contributed by atoms with E-state index in [1.165, 1.54) is 16.2 Å². The standard InChI is InChI=1S/C42H52N6O9S2/c1-5-26-18-25(4)8-6-7-9-28-22-42(28,40(51)47-59(54,55)32-14-15-32)46-37(49)35-21-31(23-48(35)39(50)36(26)45-41(52)53)57-30-19-33(44-34(20-30)38-43-16-17-58-38)27-10-12-29(13-11-27)56-24(2)3/h7,9-13,16-17,19-20,24-26,28,31-32,35-36,45H,5-6,8,14-15,18,21-23H2,1-4H3,(H,46,49)(H,47,51)(H,52,53)/t25-,26-,28-,31-,35+,36+,42-/m1/s1. The zero-order valence-electron chi connectivity index (χ0n) is 33.6. The Kier molecular flexibility index (Phi) is 12.3. The van der Waals surface area contributed by atoms with Crippen LogP contribution in [0.25, 0.3) is 22.0 Å². The third-order valence-electron chi connectivity index (χ3n) is 11.5. The Morgan fingerprint density at radius 1 is 1.08 bits per heavy atom. The van der Waals surface area contributed by atoms with E-state index in [2.05, 4.69) is 27.3 Å². The van der Waals surface area contributed by atoms with Gasteiger partial charge in [0.1, 0.15) is 45.9 Å². The largest absolute Gasteiger partial charge is 0.491 e. The van der Waals surface area contributed by atoms with Gasteiger partial charge >= 0.3 is 6.09 Å². The molecule has 1 saturated heterocycles. The van der Waals surface area contributed by atoms with E-state index in [0.29, 0.717) is 60.0 Å². The number of benzene rings is 1. The maximum atomic E-state index is 14.7. The number of carboxylic acid groups (broad SMARTS) is 1. The van der Waals surface area contributed by atoms with Gasteiger partial charge in [0.05, 0.1) is 23.6 Å². The van der Waals surface area contributed by atoms with E-state index in [9.17, 15) is 32.7 Å². The van der Waals surface area contributed by atoms with Crippen LogP contribution < -0.4 is 24.8 Å². The van der Waals surface area contributed by atoms with E-state index in [1.807, 2.05) is 62.6 Å². The van der Waals surface area contributed by atoms with Gasteiger partial charge in [0.25, 0.3) is 5.91 Å². The predicted octanol–water partition coefficient (Wildman–Crippen LogP) is 5.53. The molecule has 0 radical (unpaired) electrons. The average molecular weight is 849 g/mol. The van der Waals surface area contributed by atoms with E-state index in [1.54, 1.807) is 18.3 Å². The van der Waals surface area contributed by atoms with E-state index in [4.69, 9.17) is 14.5 Å². The SMILES string of the molecule is CC[C@@H]1C[C@H](C)CCC=C[C@@H]2C[C@@]2(C(=O)NS(=O)(=O)C2CC2)NC(=O)[C@@H]2C[C@@H](Oc3cc(-c4ccc(OC(C)C)cc4)nc(-c4nccs4)c3)CN2C(=O)[C@H]1NC(=O)O. The number of hydrogen-bond acceptors (Lipinski definition) is 11. The van der Waals surface area contributed by atoms with E-state index < -0.39 is 68.7 Å². The van der Waals surface area contributed by atoms with Crippen LogP contribution in [0.5, 0.6) is 11.5 Å². The number of nitrogens with zero attached hydrogens (tertiary/aromatic N) is 3. The van der Waals surface area contributed by atoms with Gasteiger partial charge < -0.3 is 30.1 Å². The van der Waals surface area contributed by atoms with Crippen LogP contribution in [0.2, 0.25) is 0 Å². The summed E-state index contributed by atoms with van der Waals surface area (Å²) < 4.78 is 40.5. The lowest BCUT2D eigenvalue weighted by Crippen LogP contribution is -2.59. The summed E-state index contributed by atoms with van der Waals surface area (Å²) in [5, 5.41) is 17.2. The molecule has 4 amide bonds. The molecule has 17 heteroatoms. The average Bonchev–Trinajstić information content (AvgIpc) is 4.05. The Labute approximate surface area is 348 Å². The fourth-order valence-corrected chi connectivity index (χ4v) is 10.2. The Morgan fingerprint density at radius 2 is 1.83 bits per heavy atom. The highest BCUT2D eigenvalue weighted by molar-refractivity contribution is 7.91. The van der Waals surface area contributed by atoms with Gasteiger partial charge in [-0.1, -0.05) is 32.4 Å². The number of hydrogen-bond donors (Lipinski definition) is 4. The molecule has 7 atom stereocenters. The highest BCUT2D eigenvalue weighted by Gasteiger charge is 2.62. The monoisotopic (exact) mass is 848 g/mol. The lowest BCUT2D eigenvalue weighted by molar-refractivity contribution is -0.142. The number of carbonyl (C=O) groups is 4. The first-order valence-corrected chi connectivity index (χ1v) is 22.8. The molecule has 4 N–H and O–H groups in total. The molecule has 2 aromatic heterocycles. The van der Waals surface area contributed by atoms with Gasteiger partial charge in [-0.3, -0.25) is 19.1 Å². The molecule has 0 unspecified atom stereocenters. The van der Waals surface area contributed by atoms with E-state index in [-0.39, 0.29) is 37.3 Å². The van der Waals surface area contributed by atoms with Crippen molar-refractivity contribution in [2.24, 2.45) is 17.8 Å². The van der Waals surface area contributed by atoms with Gasteiger partial charge in [-0.15, -0.1) is 11.3 Å². The minimum Gasteiger partial charge on any atom is -0.491 e. The Bertz CT molecular complexity index is 2180. The van der Waals surface area contributed by atoms with Crippen molar-refractivity contribution in [2.45, 2.75) is 114 Å². The van der Waals surface area contributed by atoms with Crippen molar-refractivity contribution in [3.05, 3.63) is 60.1 Å². The molecule has 0 spiro atoms. The first-order chi connectivity index (χ1) is 28.1. The number of aromatic nitrogens is 2. The van der Waals surface area contributed by atoms with E-state index >= 15 is 0 Å². The van der Waals surface area contributed by atoms with Crippen LogP contribution in [0.1, 0.15) is 79.1 Å². The van der Waals surface area contributed by atoms with Gasteiger partial charge in [0.2, 0.25) is 21.8 Å². The fraction of sp³-hybridized carbons (Fsp3) is 0.524. The summed E-state index contributed by atoms with van der Waals surface area (Å²) in [7, 11) is -3.92. The molecule has 2 aliphatic carbocycles. The van der Waals surface area contributed by atoms with Gasteiger partial charge in [-0.2, -0.15) is 0 Å². The van der Waals surface area contributed by atoms with Crippen molar-refractivity contribution < 1.29 is 42.2 Å². The fourth-order valence-electron chi connectivity index (χ4n) is 8.20. The molecule has 0 bridgehead atoms. The summed E-state index contributed by atoms with van der Waals surface area (Å²) in [6.07, 6.45) is 6.94. The molecule has 15 nitrogen and oxygen atoms in total. The number of allylic oxidation sites excluding steroid dienone is 1. The molecular formula is C42H52N6O9S2. The summed E-state index contributed by atoms with van der Waals surface area (Å²) in [5.41, 5.74) is 0.404. The number of carbonyl (C=O) groups excluding carboxylic acids is 3. The molecule has 4 aliphatic rings. The van der Waals surface area contributed by atoms with Crippen molar-refractivity contribution >= 4 is 45.2 Å². The third kappa shape index (κ3) is 9.72. The third-order valence-corrected chi connectivity index (χ3v) is 14.1. The topological polar surface area (TPSA) is 206 Å². The van der Waals surface area contributed by atoms with Crippen LogP contribution in [0.4, 0.5) is 4.79 Å². The number of ether oxygens (including phenoxy) is 2. The van der Waals surface area contributed by atoms with Gasteiger partial charge in [-0.25, -0.2) is 23.2 Å². The normalized spacial score (nSPS) is 27.4. The summed E-state index contributed by atoms with van der Waals surface area (Å²) in [5.74, 6) is -1.64. The lowest BCUT2D eigenvalue weighted by Gasteiger charge is -2.33. The second-order valence-corrected chi connectivity index (χ2v) is 19.3. The van der Waals surface area contributed by atoms with Crippen molar-refractivity contribution in [1.29, 1.82) is 0 Å². The van der Waals surface area contributed by atoms with Crippen molar-refractivity contribution in [2.75, 3.05) is 6.54 Å². The number of thiazole rings is 1. The second kappa shape index (κ2) is 17.3. The zero-order valence-corrected chi connectivity index (χ0v) is 35.3. The second-order valence-electron chi connectivity index (χ2n) is 16.5. The highest BCUT2D eigenvalue weighted by atomic mass is 32.2. The summed E-state index contributed by atoms with van der Waals surface area (Å²) >= 11 is 1.41. The number of amides is 4. The highest BCUT2D eigenvalue weighted by Crippen LogP contribution is 2.46. The molecule has 1 aromatic carbocycles. The minimum absolute atomic E-state index is 0.00196. The van der Waals surface area contributed by atoms with Crippen LogP contribution in [-0.2, 0) is 24.4 Å². The quantitative estimate of drug-likeness (QED) is 0.177. The van der Waals surface area contributed by atoms with Crippen LogP contribution in [0.3, 0.4) is 0 Å². The number of nitrogens with one attached hydrogen (secondary N) is 3. The van der Waals surface area contributed by atoms with Crippen LogP contribution >= 0.6 is 11.3 Å². The minimum atomic E-state index is -3.92. The molecule has 4 heterocycles. The molecule has 2 aliphatic heterocycles. The van der Waals surface area contributed by atoms with Crippen molar-refractivity contribution in [3.63, 3.8) is 0 Å². The Morgan fingerprint density at radius 3 is 2.49 bits per heavy atom. The maximum Gasteiger partial charge on any atom is 0.405 e. The molecule has 316 valence electrons. The molecular weight excluding hydrogens is 797 g/mol. The lowest BCUT2D eigenvalue weighted by atomic mass is 9.85. The molecule has 3 aromatic rings. The number of rotatable bonds is 11. The van der Waals surface area contributed by atoms with Crippen LogP contribution in [0, 0.1) is 17.8 Å². The molecule has 3 fully saturated rings. The van der Waals surface area contributed by atoms with Crippen LogP contribution in [-0.4, -0.2) is 93.8 Å². The molecule has 2 saturated carbocycles. The summed E-state index contributed by atoms with van der Waals surface area (Å²) in [6.45, 7) is 7.80. The van der Waals surface area contributed by atoms with Crippen LogP contribution in [0.15, 0.2) is 60.1 Å². The first kappa shape index (κ1) is 42.1. The van der Waals surface area contributed by atoms with Gasteiger partial charge in [0, 0.05) is 41.6 Å². The summed E-state index contributed by atoms with van der Waals surface area (Å²) in [6, 6.07) is 8.71. The number of fused-ring (bicyclic) bond motifs is 2. The predicted molar refractivity (Wildman–Crippen MR) is 221 cm³/mol. The van der Waals surface area contributed by atoms with Gasteiger partial charge in [0.15, 0.2) is 0 Å². The van der Waals surface area contributed by atoms with Crippen molar-refractivity contribution in [1.82, 2.24) is 30.2 Å². The zero-order chi connectivity index (χ0) is 42.1. The molecule has 7 rings (SSSR count). The number of pyridine rings is 1. The van der Waals surface area contributed by atoms with E-state index in [0.717, 1.165) is 12.0 Å². The van der Waals surface area contributed by atoms with Gasteiger partial charge in [-0.05, 0) is 88.5 Å². The Balaban J connectivity index is 1.22. The number of sulfonamides is 1. The maximum absolute atomic E-state index is 14.7. The first-order valence-electron chi connectivity index (χ1n) is 20.4. The smallest absolute Gasteiger partial charge is 0.405 e. The molecule has 59 heavy (non-hydrogen) atoms. The summed E-state index contributed by atoms with van der Waals surface area (Å²) in [4.78, 5) is 66.0. The Hall–Kier alpha value is -5.03. The van der Waals surface area contributed by atoms with Crippen molar-refractivity contribution in [3.8, 4) is 33.5 Å².